The number of hydrogen-bond acceptors (Lipinski definition) is 17. The van der Waals surface area contributed by atoms with Crippen LogP contribution in [0.5, 0.6) is 5.75 Å². The molecule has 3 aliphatic rings. The van der Waals surface area contributed by atoms with E-state index in [0.717, 1.165) is 51.6 Å². The summed E-state index contributed by atoms with van der Waals surface area (Å²) in [5.41, 5.74) is 7.42. The monoisotopic (exact) mass is 1700 g/mol. The zero-order chi connectivity index (χ0) is 88.2. The first-order valence-electron chi connectivity index (χ1n) is 41.6. The highest BCUT2D eigenvalue weighted by molar-refractivity contribution is 7.90. The van der Waals surface area contributed by atoms with Crippen LogP contribution in [0.4, 0.5) is 9.59 Å². The second-order valence-electron chi connectivity index (χ2n) is 33.2. The van der Waals surface area contributed by atoms with Gasteiger partial charge in [0.05, 0.1) is 36.0 Å². The molecule has 10 aromatic rings. The van der Waals surface area contributed by atoms with E-state index in [9.17, 15) is 27.6 Å². The number of hydrogen-bond donors (Lipinski definition) is 10. The van der Waals surface area contributed by atoms with Crippen molar-refractivity contribution in [2.75, 3.05) is 26.8 Å². The number of carbonyl (C=O) groups excluding carboxylic acids is 9. The van der Waals surface area contributed by atoms with Crippen molar-refractivity contribution in [2.24, 2.45) is 0 Å². The Morgan fingerprint density at radius 3 is 1.78 bits per heavy atom. The molecular weight excluding hydrogens is 1600 g/mol. The van der Waals surface area contributed by atoms with Gasteiger partial charge in [-0.15, -0.1) is 0 Å². The van der Waals surface area contributed by atoms with E-state index in [2.05, 4.69) is 47.3 Å². The first-order valence-corrected chi connectivity index (χ1v) is 43.1. The molecule has 8 aromatic carbocycles. The fourth-order valence-corrected chi connectivity index (χ4v) is 18.3. The number of esters is 1. The van der Waals surface area contributed by atoms with Gasteiger partial charge < -0.3 is 66.0 Å². The molecular formula is C95H105N13O15S. The standard InChI is InChI=1S/C95H105N13O15S/c1-58-59(2)83(60(3)72-53-94(7,8)122-82(58)72)124(118,119)106-90(96)98-48-30-45-74-84(110)103-77(50-62-54-108(92(117)123-93(4,5)6)80-46-27-26-39-67(62)80)86(112)101-75(89(115)120-9)44-28-29-47-97-81(109)52-79(105-91(116)121-56-73-70-42-24-22-40-68(70)69-41-23-25-43-71(69)73)88(114)104-78(87(113)102-76(85(111)100-74)49-61-31-14-10-15-32-61)51-66-55-107(57-99-66)95(63-33-16-11-17-34-63,64-35-18-12-19-36-64)65-37-20-13-21-38-65/h10-27,31-43,46,54-55,57,73-79H,28-30,44-45,47-53,56H2,1-9H3,(H,97,109)(H,100,111)(H,101,112)(H,102,113)(H,103,110)(H,104,114)(H,105,116)(H3,96,98,106)/t74-,75-,76+,77-,78-,79+/m0/s1. The first kappa shape index (κ1) is 88.3. The van der Waals surface area contributed by atoms with Crippen molar-refractivity contribution in [3.63, 3.8) is 0 Å². The van der Waals surface area contributed by atoms with Gasteiger partial charge in [-0.2, -0.15) is 0 Å². The number of benzene rings is 8. The molecule has 2 aromatic heterocycles. The maximum atomic E-state index is 16.1. The molecule has 0 bridgehead atoms. The minimum absolute atomic E-state index is 0.0122. The normalized spacial score (nSPS) is 18.7. The van der Waals surface area contributed by atoms with Crippen molar-refractivity contribution in [3.8, 4) is 16.9 Å². The number of methoxy groups -OCH3 is 1. The van der Waals surface area contributed by atoms with E-state index in [4.69, 9.17) is 29.3 Å². The molecule has 0 unspecified atom stereocenters. The van der Waals surface area contributed by atoms with Crippen LogP contribution in [0.15, 0.2) is 218 Å². The van der Waals surface area contributed by atoms with Crippen molar-refractivity contribution < 1.29 is 70.5 Å². The number of nitrogens with zero attached hydrogens (tertiary/aromatic N) is 3. The van der Waals surface area contributed by atoms with E-state index in [1.54, 1.807) is 109 Å². The van der Waals surface area contributed by atoms with Crippen LogP contribution in [0.25, 0.3) is 22.0 Å². The average molecular weight is 1700 g/mol. The van der Waals surface area contributed by atoms with Crippen LogP contribution in [0.2, 0.25) is 0 Å². The van der Waals surface area contributed by atoms with Gasteiger partial charge in [-0.05, 0) is 160 Å². The molecule has 1 saturated heterocycles. The molecule has 7 amide bonds. The van der Waals surface area contributed by atoms with Gasteiger partial charge in [0.15, 0.2) is 0 Å². The number of nitrogens with one attached hydrogen (secondary N) is 10. The Hall–Kier alpha value is -13.4. The highest BCUT2D eigenvalue weighted by Gasteiger charge is 2.43. The largest absolute Gasteiger partial charge is 0.487 e. The average Bonchev–Trinajstić information content (AvgIpc) is 1.28. The summed E-state index contributed by atoms with van der Waals surface area (Å²) in [5, 5.41) is 32.0. The quantitative estimate of drug-likeness (QED) is 0.00846. The summed E-state index contributed by atoms with van der Waals surface area (Å²) in [6, 6.07) is 50.5. The van der Waals surface area contributed by atoms with Crippen LogP contribution in [0.1, 0.15) is 146 Å². The van der Waals surface area contributed by atoms with Gasteiger partial charge in [0.2, 0.25) is 41.4 Å². The van der Waals surface area contributed by atoms with Crippen molar-refractivity contribution >= 4 is 80.5 Å². The van der Waals surface area contributed by atoms with E-state index >= 15 is 24.0 Å². The summed E-state index contributed by atoms with van der Waals surface area (Å²) in [6.45, 7) is 13.7. The summed E-state index contributed by atoms with van der Waals surface area (Å²) in [7, 11) is -3.30. The molecule has 1 fully saturated rings. The molecule has 6 atom stereocenters. The molecule has 4 heterocycles. The maximum absolute atomic E-state index is 16.1. The zero-order valence-electron chi connectivity index (χ0n) is 70.8. The second-order valence-corrected chi connectivity index (χ2v) is 34.8. The number of ether oxygens (including phenoxy) is 4. The number of alkyl carbamates (subject to hydrolysis) is 1. The number of amides is 7. The Morgan fingerprint density at radius 2 is 1.17 bits per heavy atom. The topological polar surface area (TPSA) is 380 Å². The third-order valence-corrected chi connectivity index (χ3v) is 24.4. The lowest BCUT2D eigenvalue weighted by Crippen LogP contribution is -2.60. The van der Waals surface area contributed by atoms with Crippen molar-refractivity contribution in [1.82, 2.24) is 61.4 Å². The third-order valence-electron chi connectivity index (χ3n) is 22.8. The van der Waals surface area contributed by atoms with Crippen LogP contribution >= 0.6 is 0 Å². The minimum atomic E-state index is -4.43. The Labute approximate surface area is 720 Å². The summed E-state index contributed by atoms with van der Waals surface area (Å²) in [4.78, 5) is 141. The number of aromatic nitrogens is 3. The fraction of sp³-hybridized carbons (Fsp3) is 0.337. The van der Waals surface area contributed by atoms with Gasteiger partial charge in [-0.1, -0.05) is 188 Å². The van der Waals surface area contributed by atoms with Crippen LogP contribution < -0.4 is 52.0 Å². The number of fused-ring (bicyclic) bond motifs is 5. The number of rotatable bonds is 20. The van der Waals surface area contributed by atoms with Gasteiger partial charge in [-0.25, -0.2) is 32.5 Å². The molecule has 0 radical (unpaired) electrons. The maximum Gasteiger partial charge on any atom is 0.419 e. The van der Waals surface area contributed by atoms with Crippen LogP contribution in [0, 0.1) is 26.2 Å². The first-order chi connectivity index (χ1) is 59.4. The predicted molar refractivity (Wildman–Crippen MR) is 467 cm³/mol. The van der Waals surface area contributed by atoms with Gasteiger partial charge in [-0.3, -0.25) is 38.7 Å². The number of sulfonamides is 1. The number of guanidine groups is 1. The molecule has 0 saturated carbocycles. The van der Waals surface area contributed by atoms with Gasteiger partial charge in [0, 0.05) is 68.0 Å². The van der Waals surface area contributed by atoms with Gasteiger partial charge in [0.1, 0.15) is 65.3 Å². The molecule has 0 spiro atoms. The molecule has 29 heteroatoms. The Bertz CT molecular complexity index is 5610. The number of carbonyl (C=O) groups is 9. The number of imidazole rings is 1. The molecule has 13 rings (SSSR count). The number of para-hydroxylation sites is 1. The Morgan fingerprint density at radius 1 is 0.629 bits per heavy atom. The summed E-state index contributed by atoms with van der Waals surface area (Å²) in [6.07, 6.45) is 1.67. The van der Waals surface area contributed by atoms with Crippen LogP contribution in [-0.4, -0.2) is 156 Å². The lowest BCUT2D eigenvalue weighted by Gasteiger charge is -2.37. The Balaban J connectivity index is 0.874. The van der Waals surface area contributed by atoms with Crippen molar-refractivity contribution in [2.45, 2.75) is 183 Å². The second kappa shape index (κ2) is 38.3. The van der Waals surface area contributed by atoms with E-state index in [0.29, 0.717) is 50.9 Å². The van der Waals surface area contributed by atoms with Crippen molar-refractivity contribution in [3.05, 3.63) is 280 Å². The molecule has 124 heavy (non-hydrogen) atoms. The lowest BCUT2D eigenvalue weighted by molar-refractivity contribution is -0.145. The molecule has 1 aliphatic carbocycles. The third kappa shape index (κ3) is 20.3. The highest BCUT2D eigenvalue weighted by atomic mass is 32.2. The summed E-state index contributed by atoms with van der Waals surface area (Å²) >= 11 is 0. The Kier molecular flexibility index (Phi) is 27.3. The van der Waals surface area contributed by atoms with Gasteiger partial charge >= 0.3 is 18.2 Å². The van der Waals surface area contributed by atoms with Crippen LogP contribution in [-0.2, 0) is 89.0 Å². The molecule has 10 N–H and O–H groups in total. The SMILES string of the molecule is COC(=O)[C@@H]1CCCCNC(=O)C[C@@H](NC(=O)OCC2c3ccccc3-c3ccccc32)C(=O)N[C@@H](Cc2cn(C(c3ccccc3)(c3ccccc3)c3ccccc3)cn2)C(=O)N[C@H](Cc2ccccc2)C(=O)N[C@@H](CCCNC(=N)NS(=O)(=O)c2c(C)c(C)c3c(c2C)CC(C)(C)O3)C(=O)N[C@@H](Cc2cn(C(=O)OC(C)(C)C)c3ccccc23)C(=O)N1. The van der Waals surface area contributed by atoms with E-state index in [1.807, 2.05) is 158 Å². The minimum Gasteiger partial charge on any atom is -0.487 e. The highest BCUT2D eigenvalue weighted by Crippen LogP contribution is 2.47. The van der Waals surface area contributed by atoms with Crippen LogP contribution in [0.3, 0.4) is 0 Å². The molecule has 2 aliphatic heterocycles. The van der Waals surface area contributed by atoms with E-state index < -0.39 is 141 Å². The van der Waals surface area contributed by atoms with Gasteiger partial charge in [0.25, 0.3) is 10.0 Å². The van der Waals surface area contributed by atoms with E-state index in [1.165, 1.54) is 10.8 Å². The molecule has 28 nitrogen and oxygen atoms in total. The summed E-state index contributed by atoms with van der Waals surface area (Å²) < 4.78 is 57.8. The zero-order valence-corrected chi connectivity index (χ0v) is 71.6. The summed E-state index contributed by atoms with van der Waals surface area (Å²) in [5.74, 6) is -6.81. The smallest absolute Gasteiger partial charge is 0.419 e. The van der Waals surface area contributed by atoms with E-state index in [-0.39, 0.29) is 75.2 Å². The fourth-order valence-electron chi connectivity index (χ4n) is 16.8. The lowest BCUT2D eigenvalue weighted by atomic mass is 9.77. The van der Waals surface area contributed by atoms with Crippen molar-refractivity contribution in [1.29, 1.82) is 5.41 Å². The predicted octanol–water partition coefficient (Wildman–Crippen LogP) is 10.6. The molecule has 646 valence electrons.